The molecule has 1 rings (SSSR count). The Morgan fingerprint density at radius 2 is 1.94 bits per heavy atom. The zero-order chi connectivity index (χ0) is 12.0. The first kappa shape index (κ1) is 11.7. The van der Waals surface area contributed by atoms with Crippen LogP contribution in [-0.4, -0.2) is 18.9 Å². The second kappa shape index (κ2) is 5.47. The van der Waals surface area contributed by atoms with Gasteiger partial charge in [-0.15, -0.1) is 0 Å². The molecule has 0 aliphatic carbocycles. The second-order valence-electron chi connectivity index (χ2n) is 2.92. The van der Waals surface area contributed by atoms with Crippen LogP contribution in [0.3, 0.4) is 0 Å². The van der Waals surface area contributed by atoms with Gasteiger partial charge in [0.05, 0.1) is 18.7 Å². The van der Waals surface area contributed by atoms with Crippen LogP contribution in [0.5, 0.6) is 0 Å². The molecule has 0 aliphatic rings. The average molecular weight is 215 g/mol. The van der Waals surface area contributed by atoms with E-state index in [9.17, 15) is 9.59 Å². The Balaban J connectivity index is 2.74. The molecule has 0 heterocycles. The van der Waals surface area contributed by atoms with Crippen LogP contribution < -0.4 is 0 Å². The van der Waals surface area contributed by atoms with Crippen molar-refractivity contribution in [1.29, 1.82) is 5.26 Å². The maximum Gasteiger partial charge on any atom is 0.378 e. The molecular formula is C12H9NO3. The molecule has 0 fully saturated rings. The van der Waals surface area contributed by atoms with Gasteiger partial charge in [-0.1, -0.05) is 18.2 Å². The monoisotopic (exact) mass is 215 g/mol. The highest BCUT2D eigenvalue weighted by atomic mass is 16.5. The van der Waals surface area contributed by atoms with E-state index in [0.717, 1.165) is 18.7 Å². The normalized spacial score (nSPS) is 9.75. The largest absolute Gasteiger partial charge is 0.463 e. The predicted octanol–water partition coefficient (Wildman–Crippen LogP) is 1.31. The number of carbonyl (C=O) groups is 2. The van der Waals surface area contributed by atoms with Gasteiger partial charge in [-0.05, 0) is 23.8 Å². The van der Waals surface area contributed by atoms with E-state index in [4.69, 9.17) is 5.26 Å². The molecule has 1 aromatic rings. The van der Waals surface area contributed by atoms with E-state index in [2.05, 4.69) is 4.74 Å². The number of benzene rings is 1. The zero-order valence-corrected chi connectivity index (χ0v) is 8.64. The minimum absolute atomic E-state index is 0.538. The fraction of sp³-hybridized carbons (Fsp3) is 0.0833. The van der Waals surface area contributed by atoms with Gasteiger partial charge in [-0.2, -0.15) is 5.26 Å². The molecule has 1 aromatic carbocycles. The highest BCUT2D eigenvalue weighted by Crippen LogP contribution is 2.05. The van der Waals surface area contributed by atoms with Crippen LogP contribution in [0.1, 0.15) is 11.1 Å². The van der Waals surface area contributed by atoms with E-state index in [1.54, 1.807) is 24.3 Å². The number of esters is 1. The first-order valence-corrected chi connectivity index (χ1v) is 4.48. The van der Waals surface area contributed by atoms with E-state index in [-0.39, 0.29) is 0 Å². The predicted molar refractivity (Wildman–Crippen MR) is 57.2 cm³/mol. The molecule has 0 atom stereocenters. The van der Waals surface area contributed by atoms with Crippen molar-refractivity contribution in [2.75, 3.05) is 7.11 Å². The lowest BCUT2D eigenvalue weighted by atomic mass is 10.1. The quantitative estimate of drug-likeness (QED) is 0.433. The summed E-state index contributed by atoms with van der Waals surface area (Å²) in [6, 6.07) is 8.60. The van der Waals surface area contributed by atoms with E-state index in [1.807, 2.05) is 6.07 Å². The SMILES string of the molecule is COC(=O)C(=O)C=Cc1ccc(C#N)cc1. The third-order valence-corrected chi connectivity index (χ3v) is 1.85. The van der Waals surface area contributed by atoms with Gasteiger partial charge in [0, 0.05) is 0 Å². The topological polar surface area (TPSA) is 67.2 Å². The minimum Gasteiger partial charge on any atom is -0.463 e. The van der Waals surface area contributed by atoms with Crippen molar-refractivity contribution in [1.82, 2.24) is 0 Å². The summed E-state index contributed by atoms with van der Waals surface area (Å²) in [6.07, 6.45) is 2.62. The van der Waals surface area contributed by atoms with Crippen molar-refractivity contribution in [3.63, 3.8) is 0 Å². The molecule has 0 saturated carbocycles. The molecule has 80 valence electrons. The number of rotatable bonds is 3. The lowest BCUT2D eigenvalue weighted by Crippen LogP contribution is -2.11. The molecular weight excluding hydrogens is 206 g/mol. The molecule has 4 nitrogen and oxygen atoms in total. The Hall–Kier alpha value is -2.41. The molecule has 0 saturated heterocycles. The molecule has 0 aromatic heterocycles. The van der Waals surface area contributed by atoms with Crippen LogP contribution in [0, 0.1) is 11.3 Å². The summed E-state index contributed by atoms with van der Waals surface area (Å²) in [5.74, 6) is -1.61. The van der Waals surface area contributed by atoms with Crippen molar-refractivity contribution in [2.24, 2.45) is 0 Å². The summed E-state index contributed by atoms with van der Waals surface area (Å²) >= 11 is 0. The van der Waals surface area contributed by atoms with E-state index >= 15 is 0 Å². The van der Waals surface area contributed by atoms with Gasteiger partial charge < -0.3 is 4.74 Å². The smallest absolute Gasteiger partial charge is 0.378 e. The van der Waals surface area contributed by atoms with Crippen molar-refractivity contribution < 1.29 is 14.3 Å². The Labute approximate surface area is 92.8 Å². The van der Waals surface area contributed by atoms with Crippen LogP contribution >= 0.6 is 0 Å². The molecule has 0 spiro atoms. The molecule has 0 bridgehead atoms. The van der Waals surface area contributed by atoms with Crippen LogP contribution in [0.4, 0.5) is 0 Å². The average Bonchev–Trinajstić information content (AvgIpc) is 2.35. The van der Waals surface area contributed by atoms with Crippen molar-refractivity contribution in [3.05, 3.63) is 41.5 Å². The lowest BCUT2D eigenvalue weighted by Gasteiger charge is -1.93. The lowest BCUT2D eigenvalue weighted by molar-refractivity contribution is -0.149. The van der Waals surface area contributed by atoms with Gasteiger partial charge in [-0.3, -0.25) is 4.79 Å². The highest BCUT2D eigenvalue weighted by Gasteiger charge is 2.08. The first-order valence-electron chi connectivity index (χ1n) is 4.48. The number of nitriles is 1. The van der Waals surface area contributed by atoms with Crippen LogP contribution in [-0.2, 0) is 14.3 Å². The van der Waals surface area contributed by atoms with Gasteiger partial charge in [0.15, 0.2) is 0 Å². The summed E-state index contributed by atoms with van der Waals surface area (Å²) in [4.78, 5) is 21.8. The van der Waals surface area contributed by atoms with Gasteiger partial charge >= 0.3 is 5.97 Å². The van der Waals surface area contributed by atoms with Crippen molar-refractivity contribution >= 4 is 17.8 Å². The van der Waals surface area contributed by atoms with Crippen molar-refractivity contribution in [2.45, 2.75) is 0 Å². The number of hydrogen-bond acceptors (Lipinski definition) is 4. The maximum absolute atomic E-state index is 11.1. The summed E-state index contributed by atoms with van der Waals surface area (Å²) < 4.78 is 4.25. The number of ketones is 1. The van der Waals surface area contributed by atoms with Crippen LogP contribution in [0.15, 0.2) is 30.3 Å². The van der Waals surface area contributed by atoms with E-state index < -0.39 is 11.8 Å². The minimum atomic E-state index is -0.898. The third-order valence-electron chi connectivity index (χ3n) is 1.85. The number of methoxy groups -OCH3 is 1. The van der Waals surface area contributed by atoms with Crippen molar-refractivity contribution in [3.8, 4) is 6.07 Å². The van der Waals surface area contributed by atoms with Gasteiger partial charge in [0.25, 0.3) is 5.78 Å². The highest BCUT2D eigenvalue weighted by molar-refractivity contribution is 6.39. The Bertz CT molecular complexity index is 466. The second-order valence-corrected chi connectivity index (χ2v) is 2.92. The molecule has 0 unspecified atom stereocenters. The van der Waals surface area contributed by atoms with E-state index in [1.165, 1.54) is 6.08 Å². The molecule has 4 heteroatoms. The fourth-order valence-corrected chi connectivity index (χ4v) is 1.01. The molecule has 0 radical (unpaired) electrons. The van der Waals surface area contributed by atoms with Gasteiger partial charge in [-0.25, -0.2) is 4.79 Å². The third kappa shape index (κ3) is 3.07. The molecule has 0 N–H and O–H groups in total. The summed E-state index contributed by atoms with van der Waals surface area (Å²) in [6.45, 7) is 0. The maximum atomic E-state index is 11.1. The number of nitrogens with zero attached hydrogens (tertiary/aromatic N) is 1. The first-order chi connectivity index (χ1) is 7.67. The Kier molecular flexibility index (Phi) is 3.98. The molecule has 0 amide bonds. The zero-order valence-electron chi connectivity index (χ0n) is 8.64. The van der Waals surface area contributed by atoms with Gasteiger partial charge in [0.1, 0.15) is 0 Å². The number of ether oxygens (including phenoxy) is 1. The van der Waals surface area contributed by atoms with E-state index in [0.29, 0.717) is 5.56 Å². The van der Waals surface area contributed by atoms with Crippen LogP contribution in [0.25, 0.3) is 6.08 Å². The Morgan fingerprint density at radius 1 is 1.31 bits per heavy atom. The standard InChI is InChI=1S/C12H9NO3/c1-16-12(15)11(14)7-6-9-2-4-10(8-13)5-3-9/h2-7H,1H3. The molecule has 16 heavy (non-hydrogen) atoms. The number of hydrogen-bond donors (Lipinski definition) is 0. The Morgan fingerprint density at radius 3 is 2.44 bits per heavy atom. The number of carbonyl (C=O) groups excluding carboxylic acids is 2. The summed E-state index contributed by atoms with van der Waals surface area (Å²) in [5, 5.41) is 8.57. The summed E-state index contributed by atoms with van der Waals surface area (Å²) in [7, 11) is 1.15. The summed E-state index contributed by atoms with van der Waals surface area (Å²) in [5.41, 5.74) is 1.27. The van der Waals surface area contributed by atoms with Crippen LogP contribution in [0.2, 0.25) is 0 Å². The fourth-order valence-electron chi connectivity index (χ4n) is 1.01. The van der Waals surface area contributed by atoms with Gasteiger partial charge in [0.2, 0.25) is 0 Å². The molecule has 0 aliphatic heterocycles.